The molecule has 11 heteroatoms. The molecule has 1 fully saturated rings. The summed E-state index contributed by atoms with van der Waals surface area (Å²) in [6.07, 6.45) is 6.11. The van der Waals surface area contributed by atoms with E-state index in [9.17, 15) is 14.7 Å². The fourth-order valence-corrected chi connectivity index (χ4v) is 4.14. The Hall–Kier alpha value is -3.99. The fourth-order valence-electron chi connectivity index (χ4n) is 4.14. The molecule has 11 nitrogen and oxygen atoms in total. The minimum absolute atomic E-state index is 0.0470. The number of carboxylic acid groups (broad SMARTS) is 1. The number of fused-ring (bicyclic) bond motifs is 1. The first kappa shape index (κ1) is 20.9. The Labute approximate surface area is 188 Å². The van der Waals surface area contributed by atoms with Gasteiger partial charge in [0.15, 0.2) is 5.65 Å². The van der Waals surface area contributed by atoms with Crippen LogP contribution in [0, 0.1) is 6.92 Å². The van der Waals surface area contributed by atoms with Crippen LogP contribution in [0.4, 0.5) is 4.79 Å². The van der Waals surface area contributed by atoms with Crippen molar-refractivity contribution in [1.82, 2.24) is 34.0 Å². The van der Waals surface area contributed by atoms with E-state index in [0.29, 0.717) is 11.0 Å². The Morgan fingerprint density at radius 2 is 1.79 bits per heavy atom. The lowest BCUT2D eigenvalue weighted by atomic mass is 9.91. The van der Waals surface area contributed by atoms with Gasteiger partial charge in [-0.1, -0.05) is 0 Å². The van der Waals surface area contributed by atoms with Crippen molar-refractivity contribution in [3.8, 4) is 11.4 Å². The standard InChI is InChI=1S/C22H23N7O4/c1-15-10-24-28(12-15)16-2-4-17(5-3-16)29-19-18(11-25-29)20(30)27(14-23-19)13-22(33)6-8-26(9-7-22)21(31)32/h2-5,10-12,14,33H,6-9,13H2,1H3,(H,31,32). The van der Waals surface area contributed by atoms with Crippen LogP contribution < -0.4 is 5.56 Å². The van der Waals surface area contributed by atoms with Gasteiger partial charge in [0.2, 0.25) is 0 Å². The van der Waals surface area contributed by atoms with Crippen molar-refractivity contribution >= 4 is 17.1 Å². The average Bonchev–Trinajstić information content (AvgIpc) is 3.43. The summed E-state index contributed by atoms with van der Waals surface area (Å²) in [6, 6.07) is 7.58. The summed E-state index contributed by atoms with van der Waals surface area (Å²) in [5.74, 6) is 0. The van der Waals surface area contributed by atoms with E-state index in [1.54, 1.807) is 15.6 Å². The molecule has 0 radical (unpaired) electrons. The normalized spacial score (nSPS) is 15.8. The van der Waals surface area contributed by atoms with Crippen LogP contribution in [0.15, 0.2) is 54.0 Å². The number of carbonyl (C=O) groups is 1. The highest BCUT2D eigenvalue weighted by Gasteiger charge is 2.34. The van der Waals surface area contributed by atoms with Crippen LogP contribution in [0.25, 0.3) is 22.4 Å². The van der Waals surface area contributed by atoms with Crippen LogP contribution in [0.3, 0.4) is 0 Å². The van der Waals surface area contributed by atoms with Crippen molar-refractivity contribution in [2.24, 2.45) is 0 Å². The van der Waals surface area contributed by atoms with Crippen molar-refractivity contribution in [3.63, 3.8) is 0 Å². The van der Waals surface area contributed by atoms with Gasteiger partial charge in [-0.25, -0.2) is 19.1 Å². The molecule has 4 heterocycles. The van der Waals surface area contributed by atoms with E-state index >= 15 is 0 Å². The highest BCUT2D eigenvalue weighted by atomic mass is 16.4. The molecule has 170 valence electrons. The van der Waals surface area contributed by atoms with Crippen LogP contribution in [0.2, 0.25) is 0 Å². The monoisotopic (exact) mass is 449 g/mol. The maximum atomic E-state index is 13.0. The summed E-state index contributed by atoms with van der Waals surface area (Å²) in [4.78, 5) is 29.8. The maximum absolute atomic E-state index is 13.0. The number of likely N-dealkylation sites (tertiary alicyclic amines) is 1. The Morgan fingerprint density at radius 3 is 2.42 bits per heavy atom. The zero-order chi connectivity index (χ0) is 23.2. The Bertz CT molecular complexity index is 1380. The summed E-state index contributed by atoms with van der Waals surface area (Å²) in [7, 11) is 0. The number of rotatable bonds is 4. The summed E-state index contributed by atoms with van der Waals surface area (Å²) >= 11 is 0. The van der Waals surface area contributed by atoms with Crippen LogP contribution in [-0.2, 0) is 6.54 Å². The molecule has 1 saturated heterocycles. The number of hydrogen-bond donors (Lipinski definition) is 2. The van der Waals surface area contributed by atoms with Gasteiger partial charge < -0.3 is 15.1 Å². The van der Waals surface area contributed by atoms with E-state index in [-0.39, 0.29) is 38.0 Å². The second kappa shape index (κ2) is 7.85. The molecule has 0 saturated carbocycles. The van der Waals surface area contributed by atoms with Gasteiger partial charge in [-0.15, -0.1) is 0 Å². The lowest BCUT2D eigenvalue weighted by Crippen LogP contribution is -2.49. The quantitative estimate of drug-likeness (QED) is 0.484. The molecular formula is C22H23N7O4. The highest BCUT2D eigenvalue weighted by Crippen LogP contribution is 2.24. The van der Waals surface area contributed by atoms with Gasteiger partial charge in [0.05, 0.1) is 35.9 Å². The van der Waals surface area contributed by atoms with Crippen LogP contribution >= 0.6 is 0 Å². The van der Waals surface area contributed by atoms with Gasteiger partial charge in [-0.05, 0) is 49.6 Å². The molecular weight excluding hydrogens is 426 g/mol. The van der Waals surface area contributed by atoms with E-state index in [1.165, 1.54) is 22.0 Å². The van der Waals surface area contributed by atoms with Crippen LogP contribution in [-0.4, -0.2) is 69.0 Å². The molecule has 0 atom stereocenters. The highest BCUT2D eigenvalue weighted by molar-refractivity contribution is 5.75. The Morgan fingerprint density at radius 1 is 1.09 bits per heavy atom. The molecule has 1 aromatic carbocycles. The van der Waals surface area contributed by atoms with E-state index in [1.807, 2.05) is 37.4 Å². The number of amides is 1. The molecule has 0 spiro atoms. The number of hydrogen-bond acceptors (Lipinski definition) is 6. The molecule has 0 unspecified atom stereocenters. The Kier molecular flexibility index (Phi) is 4.97. The second-order valence-corrected chi connectivity index (χ2v) is 8.44. The summed E-state index contributed by atoms with van der Waals surface area (Å²) in [5.41, 5.74) is 1.68. The first-order valence-electron chi connectivity index (χ1n) is 10.6. The molecule has 1 aliphatic rings. The molecule has 3 aromatic heterocycles. The number of nitrogens with zero attached hydrogens (tertiary/aromatic N) is 7. The van der Waals surface area contributed by atoms with E-state index in [0.717, 1.165) is 16.9 Å². The molecule has 1 aliphatic heterocycles. The lowest BCUT2D eigenvalue weighted by Gasteiger charge is -2.37. The molecule has 1 amide bonds. The van der Waals surface area contributed by atoms with Gasteiger partial charge in [0, 0.05) is 19.3 Å². The van der Waals surface area contributed by atoms with Crippen LogP contribution in [0.5, 0.6) is 0 Å². The lowest BCUT2D eigenvalue weighted by molar-refractivity contribution is -0.0304. The van der Waals surface area contributed by atoms with E-state index < -0.39 is 11.7 Å². The average molecular weight is 449 g/mol. The van der Waals surface area contributed by atoms with E-state index in [4.69, 9.17) is 5.11 Å². The fraction of sp³-hybridized carbons (Fsp3) is 0.318. The summed E-state index contributed by atoms with van der Waals surface area (Å²) in [6.45, 7) is 2.47. The summed E-state index contributed by atoms with van der Waals surface area (Å²) < 4.78 is 4.75. The van der Waals surface area contributed by atoms with Crippen molar-refractivity contribution in [2.75, 3.05) is 13.1 Å². The first-order chi connectivity index (χ1) is 15.8. The predicted molar refractivity (Wildman–Crippen MR) is 119 cm³/mol. The number of benzene rings is 1. The number of aryl methyl sites for hydroxylation is 1. The summed E-state index contributed by atoms with van der Waals surface area (Å²) in [5, 5.41) is 29.0. The minimum Gasteiger partial charge on any atom is -0.465 e. The van der Waals surface area contributed by atoms with Gasteiger partial charge in [-0.2, -0.15) is 10.2 Å². The molecule has 2 N–H and O–H groups in total. The zero-order valence-electron chi connectivity index (χ0n) is 18.0. The van der Waals surface area contributed by atoms with Gasteiger partial charge in [-0.3, -0.25) is 9.36 Å². The number of piperidine rings is 1. The minimum atomic E-state index is -1.16. The Balaban J connectivity index is 1.40. The van der Waals surface area contributed by atoms with Gasteiger partial charge in [0.1, 0.15) is 11.7 Å². The third kappa shape index (κ3) is 3.87. The largest absolute Gasteiger partial charge is 0.465 e. The van der Waals surface area contributed by atoms with Crippen molar-refractivity contribution in [1.29, 1.82) is 0 Å². The molecule has 5 rings (SSSR count). The van der Waals surface area contributed by atoms with Gasteiger partial charge in [0.25, 0.3) is 5.56 Å². The zero-order valence-corrected chi connectivity index (χ0v) is 18.0. The van der Waals surface area contributed by atoms with Crippen LogP contribution in [0.1, 0.15) is 18.4 Å². The van der Waals surface area contributed by atoms with Gasteiger partial charge >= 0.3 is 6.09 Å². The molecule has 0 bridgehead atoms. The number of aromatic nitrogens is 6. The molecule has 0 aliphatic carbocycles. The van der Waals surface area contributed by atoms with Crippen molar-refractivity contribution in [3.05, 3.63) is 65.1 Å². The maximum Gasteiger partial charge on any atom is 0.407 e. The topological polar surface area (TPSA) is 131 Å². The van der Waals surface area contributed by atoms with E-state index in [2.05, 4.69) is 15.2 Å². The third-order valence-electron chi connectivity index (χ3n) is 6.05. The smallest absolute Gasteiger partial charge is 0.407 e. The second-order valence-electron chi connectivity index (χ2n) is 8.44. The SMILES string of the molecule is Cc1cnn(-c2ccc(-n3ncc4c(=O)n(CC5(O)CCN(C(=O)O)CC5)cnc43)cc2)c1. The first-order valence-corrected chi connectivity index (χ1v) is 10.6. The molecule has 4 aromatic rings. The molecule has 33 heavy (non-hydrogen) atoms. The van der Waals surface area contributed by atoms with Crippen molar-refractivity contribution in [2.45, 2.75) is 31.9 Å². The number of aliphatic hydroxyl groups is 1. The predicted octanol–water partition coefficient (Wildman–Crippen LogP) is 1.58. The third-order valence-corrected chi connectivity index (χ3v) is 6.05. The van der Waals surface area contributed by atoms with Crippen molar-refractivity contribution < 1.29 is 15.0 Å².